The van der Waals surface area contributed by atoms with Crippen LogP contribution in [0.25, 0.3) is 0 Å². The molecule has 1 heterocycles. The molecule has 0 saturated carbocycles. The predicted molar refractivity (Wildman–Crippen MR) is 95.1 cm³/mol. The minimum Gasteiger partial charge on any atom is -0.326 e. The zero-order valence-corrected chi connectivity index (χ0v) is 13.9. The number of aryl methyl sites for hydroxylation is 1. The molecule has 0 aliphatic carbocycles. The Bertz CT molecular complexity index is 792. The van der Waals surface area contributed by atoms with Crippen LogP contribution in [-0.4, -0.2) is 22.3 Å². The van der Waals surface area contributed by atoms with E-state index in [-0.39, 0.29) is 23.5 Å². The van der Waals surface area contributed by atoms with Crippen LogP contribution in [0.5, 0.6) is 0 Å². The molecule has 2 aromatic carbocycles. The van der Waals surface area contributed by atoms with Gasteiger partial charge in [0.1, 0.15) is 5.25 Å². The Hall–Kier alpha value is -2.60. The molecule has 1 aliphatic heterocycles. The summed E-state index contributed by atoms with van der Waals surface area (Å²) in [5.74, 6) is -0.631. The van der Waals surface area contributed by atoms with Gasteiger partial charge in [0.2, 0.25) is 11.8 Å². The number of imide groups is 1. The summed E-state index contributed by atoms with van der Waals surface area (Å²) in [4.78, 5) is 38.1. The molecule has 6 heteroatoms. The quantitative estimate of drug-likeness (QED) is 0.923. The lowest BCUT2D eigenvalue weighted by Gasteiger charge is -2.16. The fraction of sp³-hybridized carbons (Fsp3) is 0.167. The van der Waals surface area contributed by atoms with Gasteiger partial charge in [0, 0.05) is 12.1 Å². The maximum Gasteiger partial charge on any atom is 0.293 e. The van der Waals surface area contributed by atoms with Gasteiger partial charge >= 0.3 is 0 Å². The predicted octanol–water partition coefficient (Wildman–Crippen LogP) is 3.59. The molecule has 0 radical (unpaired) electrons. The van der Waals surface area contributed by atoms with Crippen molar-refractivity contribution in [3.63, 3.8) is 0 Å². The highest BCUT2D eigenvalue weighted by Crippen LogP contribution is 2.34. The van der Waals surface area contributed by atoms with Gasteiger partial charge < -0.3 is 5.32 Å². The zero-order valence-electron chi connectivity index (χ0n) is 13.1. The van der Waals surface area contributed by atoms with Gasteiger partial charge in [-0.05, 0) is 42.4 Å². The molecule has 1 atom stereocenters. The first-order chi connectivity index (χ1) is 11.6. The molecular formula is C18H16N2O3S. The molecule has 122 valence electrons. The molecule has 24 heavy (non-hydrogen) atoms. The van der Waals surface area contributed by atoms with Gasteiger partial charge in [-0.15, -0.1) is 0 Å². The van der Waals surface area contributed by atoms with Crippen LogP contribution in [0.15, 0.2) is 54.6 Å². The number of para-hydroxylation sites is 2. The number of anilines is 2. The number of nitrogens with zero attached hydrogens (tertiary/aromatic N) is 1. The van der Waals surface area contributed by atoms with Crippen LogP contribution in [-0.2, 0) is 9.59 Å². The van der Waals surface area contributed by atoms with Gasteiger partial charge in [-0.2, -0.15) is 0 Å². The summed E-state index contributed by atoms with van der Waals surface area (Å²) < 4.78 is 0. The number of hydrogen-bond donors (Lipinski definition) is 1. The van der Waals surface area contributed by atoms with Crippen LogP contribution in [0, 0.1) is 6.92 Å². The van der Waals surface area contributed by atoms with Crippen LogP contribution in [0.1, 0.15) is 12.0 Å². The number of carbonyl (C=O) groups is 3. The number of thioether (sulfide) groups is 1. The van der Waals surface area contributed by atoms with E-state index in [4.69, 9.17) is 0 Å². The van der Waals surface area contributed by atoms with Crippen molar-refractivity contribution in [2.24, 2.45) is 0 Å². The van der Waals surface area contributed by atoms with Crippen molar-refractivity contribution in [2.45, 2.75) is 18.6 Å². The summed E-state index contributed by atoms with van der Waals surface area (Å²) in [6, 6.07) is 16.2. The zero-order chi connectivity index (χ0) is 17.1. The monoisotopic (exact) mass is 340 g/mol. The number of nitrogens with one attached hydrogen (secondary N) is 1. The summed E-state index contributed by atoms with van der Waals surface area (Å²) in [6.45, 7) is 1.84. The summed E-state index contributed by atoms with van der Waals surface area (Å²) >= 11 is 0.901. The number of hydrogen-bond acceptors (Lipinski definition) is 4. The van der Waals surface area contributed by atoms with Crippen molar-refractivity contribution in [1.82, 2.24) is 0 Å². The van der Waals surface area contributed by atoms with Crippen molar-refractivity contribution in [2.75, 3.05) is 10.2 Å². The molecule has 5 nitrogen and oxygen atoms in total. The summed E-state index contributed by atoms with van der Waals surface area (Å²) in [6.07, 6.45) is -0.0352. The molecule has 3 amide bonds. The first kappa shape index (κ1) is 16.3. The Morgan fingerprint density at radius 2 is 1.75 bits per heavy atom. The number of amides is 3. The second-order valence-electron chi connectivity index (χ2n) is 5.45. The molecule has 0 bridgehead atoms. The highest BCUT2D eigenvalue weighted by Gasteiger charge is 2.41. The van der Waals surface area contributed by atoms with E-state index < -0.39 is 5.25 Å². The molecule has 2 aromatic rings. The number of rotatable bonds is 4. The van der Waals surface area contributed by atoms with Crippen molar-refractivity contribution >= 4 is 40.2 Å². The van der Waals surface area contributed by atoms with Crippen LogP contribution in [0.3, 0.4) is 0 Å². The third-order valence-corrected chi connectivity index (χ3v) is 4.74. The summed E-state index contributed by atoms with van der Waals surface area (Å²) in [7, 11) is 0. The van der Waals surface area contributed by atoms with E-state index in [0.717, 1.165) is 17.3 Å². The largest absolute Gasteiger partial charge is 0.326 e. The molecule has 1 aliphatic rings. The van der Waals surface area contributed by atoms with Crippen LogP contribution < -0.4 is 10.2 Å². The Balaban J connectivity index is 1.70. The summed E-state index contributed by atoms with van der Waals surface area (Å²) in [5.41, 5.74) is 2.08. The average Bonchev–Trinajstić information content (AvgIpc) is 2.83. The standard InChI is InChI=1S/C18H16N2O3S/c1-12-7-5-6-10-14(12)20-17(22)15(24-18(20)23)11-16(21)19-13-8-3-2-4-9-13/h2-10,15H,11H2,1H3,(H,19,21)/t15-/m1/s1. The van der Waals surface area contributed by atoms with Gasteiger partial charge in [0.25, 0.3) is 5.24 Å². The normalized spacial score (nSPS) is 17.2. The topological polar surface area (TPSA) is 66.5 Å². The van der Waals surface area contributed by atoms with Crippen molar-refractivity contribution in [1.29, 1.82) is 0 Å². The van der Waals surface area contributed by atoms with E-state index in [9.17, 15) is 14.4 Å². The maximum atomic E-state index is 12.6. The molecule has 0 aromatic heterocycles. The van der Waals surface area contributed by atoms with Gasteiger partial charge in [-0.1, -0.05) is 36.4 Å². The van der Waals surface area contributed by atoms with Crippen molar-refractivity contribution in [3.8, 4) is 0 Å². The van der Waals surface area contributed by atoms with Gasteiger partial charge in [0.05, 0.1) is 5.69 Å². The smallest absolute Gasteiger partial charge is 0.293 e. The Kier molecular flexibility index (Phi) is 4.66. The van der Waals surface area contributed by atoms with E-state index >= 15 is 0 Å². The third kappa shape index (κ3) is 3.33. The molecule has 1 N–H and O–H groups in total. The van der Waals surface area contributed by atoms with Crippen molar-refractivity contribution < 1.29 is 14.4 Å². The highest BCUT2D eigenvalue weighted by molar-refractivity contribution is 8.15. The lowest BCUT2D eigenvalue weighted by molar-refractivity contribution is -0.121. The van der Waals surface area contributed by atoms with Crippen LogP contribution in [0.2, 0.25) is 0 Å². The first-order valence-electron chi connectivity index (χ1n) is 7.51. The molecular weight excluding hydrogens is 324 g/mol. The van der Waals surface area contributed by atoms with Crippen LogP contribution >= 0.6 is 11.8 Å². The lowest BCUT2D eigenvalue weighted by atomic mass is 10.1. The average molecular weight is 340 g/mol. The second-order valence-corrected chi connectivity index (χ2v) is 6.60. The maximum absolute atomic E-state index is 12.6. The second kappa shape index (κ2) is 6.88. The third-order valence-electron chi connectivity index (χ3n) is 3.71. The Labute approximate surface area is 144 Å². The van der Waals surface area contributed by atoms with Gasteiger partial charge in [-0.25, -0.2) is 4.90 Å². The van der Waals surface area contributed by atoms with Crippen molar-refractivity contribution in [3.05, 3.63) is 60.2 Å². The van der Waals surface area contributed by atoms with Crippen LogP contribution in [0.4, 0.5) is 16.2 Å². The SMILES string of the molecule is Cc1ccccc1N1C(=O)S[C@H](CC(=O)Nc2ccccc2)C1=O. The Morgan fingerprint density at radius 3 is 2.46 bits per heavy atom. The Morgan fingerprint density at radius 1 is 1.08 bits per heavy atom. The van der Waals surface area contributed by atoms with E-state index in [0.29, 0.717) is 11.4 Å². The summed E-state index contributed by atoms with van der Waals surface area (Å²) in [5, 5.41) is 1.70. The number of carbonyl (C=O) groups excluding carboxylic acids is 3. The molecule has 1 fully saturated rings. The fourth-order valence-corrected chi connectivity index (χ4v) is 3.50. The molecule has 3 rings (SSSR count). The van der Waals surface area contributed by atoms with E-state index in [1.165, 1.54) is 4.90 Å². The number of benzene rings is 2. The van der Waals surface area contributed by atoms with Gasteiger partial charge in [-0.3, -0.25) is 14.4 Å². The van der Waals surface area contributed by atoms with E-state index in [1.807, 2.05) is 37.3 Å². The van der Waals surface area contributed by atoms with E-state index in [1.54, 1.807) is 24.3 Å². The lowest BCUT2D eigenvalue weighted by Crippen LogP contribution is -2.33. The van der Waals surface area contributed by atoms with E-state index in [2.05, 4.69) is 5.32 Å². The fourth-order valence-electron chi connectivity index (χ4n) is 2.52. The molecule has 1 saturated heterocycles. The molecule has 0 spiro atoms. The molecule has 0 unspecified atom stereocenters. The van der Waals surface area contributed by atoms with Gasteiger partial charge in [0.15, 0.2) is 0 Å². The first-order valence-corrected chi connectivity index (χ1v) is 8.39. The minimum absolute atomic E-state index is 0.0352. The highest BCUT2D eigenvalue weighted by atomic mass is 32.2. The minimum atomic E-state index is -0.694.